The first kappa shape index (κ1) is 18.7. The summed E-state index contributed by atoms with van der Waals surface area (Å²) in [6, 6.07) is 24.6. The van der Waals surface area contributed by atoms with Crippen LogP contribution in [0.25, 0.3) is 21.8 Å². The molecule has 6 heteroatoms. The monoisotopic (exact) mass is 401 g/mol. The van der Waals surface area contributed by atoms with Gasteiger partial charge in [0.2, 0.25) is 0 Å². The molecule has 0 fully saturated rings. The molecule has 144 valence electrons. The minimum Gasteiger partial charge on any atom is -0.497 e. The summed E-state index contributed by atoms with van der Waals surface area (Å²) in [5.74, 6) is 0.683. The number of urea groups is 1. The molecule has 2 N–H and O–H groups in total. The van der Waals surface area contributed by atoms with Crippen LogP contribution >= 0.6 is 11.3 Å². The molecule has 0 spiro atoms. The lowest BCUT2D eigenvalue weighted by molar-refractivity contribution is 0.262. The van der Waals surface area contributed by atoms with Crippen molar-refractivity contribution in [1.29, 1.82) is 0 Å². The molecule has 0 radical (unpaired) electrons. The third-order valence-electron chi connectivity index (χ3n) is 4.27. The summed E-state index contributed by atoms with van der Waals surface area (Å²) in [6.07, 6.45) is 0. The van der Waals surface area contributed by atoms with Crippen LogP contribution < -0.4 is 15.4 Å². The van der Waals surface area contributed by atoms with Crippen LogP contribution in [0.1, 0.15) is 0 Å². The van der Waals surface area contributed by atoms with Gasteiger partial charge in [0.1, 0.15) is 10.8 Å². The molecule has 2 amide bonds. The SMILES string of the molecule is COc1cccc(NC(=O)Nc2cccc(-c3csc(-c4ccccc4)n3)c2)c1. The number of hydrogen-bond donors (Lipinski definition) is 2. The largest absolute Gasteiger partial charge is 0.497 e. The van der Waals surface area contributed by atoms with Crippen LogP contribution in [0, 0.1) is 0 Å². The molecule has 0 saturated carbocycles. The van der Waals surface area contributed by atoms with E-state index in [1.165, 1.54) is 0 Å². The smallest absolute Gasteiger partial charge is 0.323 e. The van der Waals surface area contributed by atoms with Gasteiger partial charge in [-0.25, -0.2) is 9.78 Å². The van der Waals surface area contributed by atoms with E-state index in [9.17, 15) is 4.79 Å². The molecule has 5 nitrogen and oxygen atoms in total. The van der Waals surface area contributed by atoms with Crippen molar-refractivity contribution in [3.63, 3.8) is 0 Å². The van der Waals surface area contributed by atoms with Crippen LogP contribution in [0.4, 0.5) is 16.2 Å². The Morgan fingerprint density at radius 1 is 0.862 bits per heavy atom. The zero-order valence-corrected chi connectivity index (χ0v) is 16.6. The van der Waals surface area contributed by atoms with Crippen LogP contribution in [0.2, 0.25) is 0 Å². The normalized spacial score (nSPS) is 10.4. The fourth-order valence-electron chi connectivity index (χ4n) is 2.87. The van der Waals surface area contributed by atoms with E-state index in [1.54, 1.807) is 30.6 Å². The number of carbonyl (C=O) groups is 1. The third-order valence-corrected chi connectivity index (χ3v) is 5.16. The van der Waals surface area contributed by atoms with Gasteiger partial charge in [-0.1, -0.05) is 48.5 Å². The lowest BCUT2D eigenvalue weighted by Gasteiger charge is -2.09. The number of nitrogens with zero attached hydrogens (tertiary/aromatic N) is 1. The molecule has 0 saturated heterocycles. The Bertz CT molecular complexity index is 1130. The summed E-state index contributed by atoms with van der Waals surface area (Å²) in [5, 5.41) is 8.66. The number of thiazole rings is 1. The molecule has 0 unspecified atom stereocenters. The number of amides is 2. The molecule has 0 aliphatic carbocycles. The van der Waals surface area contributed by atoms with Gasteiger partial charge in [0, 0.05) is 33.9 Å². The maximum Gasteiger partial charge on any atom is 0.323 e. The molecular formula is C23H19N3O2S. The molecule has 0 atom stereocenters. The number of anilines is 2. The van der Waals surface area contributed by atoms with E-state index in [4.69, 9.17) is 9.72 Å². The number of aromatic nitrogens is 1. The minimum atomic E-state index is -0.321. The highest BCUT2D eigenvalue weighted by Crippen LogP contribution is 2.30. The Balaban J connectivity index is 1.47. The van der Waals surface area contributed by atoms with Gasteiger partial charge < -0.3 is 15.4 Å². The topological polar surface area (TPSA) is 63.2 Å². The quantitative estimate of drug-likeness (QED) is 0.423. The Morgan fingerprint density at radius 3 is 2.31 bits per heavy atom. The lowest BCUT2D eigenvalue weighted by Crippen LogP contribution is -2.19. The summed E-state index contributed by atoms with van der Waals surface area (Å²) < 4.78 is 5.18. The number of benzene rings is 3. The van der Waals surface area contributed by atoms with E-state index in [0.29, 0.717) is 17.1 Å². The molecule has 4 rings (SSSR count). The van der Waals surface area contributed by atoms with Crippen LogP contribution in [0.3, 0.4) is 0 Å². The van der Waals surface area contributed by atoms with Crippen LogP contribution in [-0.2, 0) is 0 Å². The van der Waals surface area contributed by atoms with Crippen molar-refractivity contribution in [2.45, 2.75) is 0 Å². The van der Waals surface area contributed by atoms with Crippen LogP contribution in [-0.4, -0.2) is 18.1 Å². The second kappa shape index (κ2) is 8.58. The molecule has 0 aliphatic rings. The van der Waals surface area contributed by atoms with Crippen molar-refractivity contribution < 1.29 is 9.53 Å². The van der Waals surface area contributed by atoms with Crippen LogP contribution in [0.5, 0.6) is 5.75 Å². The van der Waals surface area contributed by atoms with Crippen molar-refractivity contribution in [3.8, 4) is 27.6 Å². The molecule has 0 aliphatic heterocycles. The molecule has 0 bridgehead atoms. The van der Waals surface area contributed by atoms with Crippen molar-refractivity contribution in [1.82, 2.24) is 4.98 Å². The zero-order chi connectivity index (χ0) is 20.1. The van der Waals surface area contributed by atoms with Gasteiger partial charge in [-0.3, -0.25) is 0 Å². The predicted octanol–water partition coefficient (Wildman–Crippen LogP) is 6.13. The fraction of sp³-hybridized carbons (Fsp3) is 0.0435. The van der Waals surface area contributed by atoms with Gasteiger partial charge in [0.25, 0.3) is 0 Å². The highest BCUT2D eigenvalue weighted by Gasteiger charge is 2.09. The van der Waals surface area contributed by atoms with Gasteiger partial charge in [0.05, 0.1) is 12.8 Å². The van der Waals surface area contributed by atoms with Gasteiger partial charge in [0.15, 0.2) is 0 Å². The predicted molar refractivity (Wildman–Crippen MR) is 119 cm³/mol. The molecular weight excluding hydrogens is 382 g/mol. The minimum absolute atomic E-state index is 0.321. The van der Waals surface area contributed by atoms with Gasteiger partial charge in [-0.05, 0) is 24.3 Å². The van der Waals surface area contributed by atoms with Crippen LogP contribution in [0.15, 0.2) is 84.2 Å². The first-order valence-corrected chi connectivity index (χ1v) is 9.93. The lowest BCUT2D eigenvalue weighted by atomic mass is 10.1. The van der Waals surface area contributed by atoms with E-state index in [1.807, 2.05) is 72.1 Å². The Morgan fingerprint density at radius 2 is 1.55 bits per heavy atom. The first-order chi connectivity index (χ1) is 14.2. The van der Waals surface area contributed by atoms with Gasteiger partial charge >= 0.3 is 6.03 Å². The molecule has 1 aromatic heterocycles. The second-order valence-electron chi connectivity index (χ2n) is 6.30. The number of hydrogen-bond acceptors (Lipinski definition) is 4. The Hall–Kier alpha value is -3.64. The van der Waals surface area contributed by atoms with Crippen molar-refractivity contribution in [2.75, 3.05) is 17.7 Å². The van der Waals surface area contributed by atoms with Crippen molar-refractivity contribution >= 4 is 28.7 Å². The van der Waals surface area contributed by atoms with Gasteiger partial charge in [-0.2, -0.15) is 0 Å². The van der Waals surface area contributed by atoms with Gasteiger partial charge in [-0.15, -0.1) is 11.3 Å². The van der Waals surface area contributed by atoms with E-state index >= 15 is 0 Å². The number of methoxy groups -OCH3 is 1. The maximum absolute atomic E-state index is 12.3. The summed E-state index contributed by atoms with van der Waals surface area (Å²) >= 11 is 1.60. The fourth-order valence-corrected chi connectivity index (χ4v) is 3.71. The summed E-state index contributed by atoms with van der Waals surface area (Å²) in [6.45, 7) is 0. The first-order valence-electron chi connectivity index (χ1n) is 9.05. The van der Waals surface area contributed by atoms with Crippen molar-refractivity contribution in [3.05, 3.63) is 84.2 Å². The Kier molecular flexibility index (Phi) is 5.54. The maximum atomic E-state index is 12.3. The average molecular weight is 401 g/mol. The summed E-state index contributed by atoms with van der Waals surface area (Å²) in [4.78, 5) is 17.1. The summed E-state index contributed by atoms with van der Waals surface area (Å²) in [5.41, 5.74) is 4.27. The third kappa shape index (κ3) is 4.62. The van der Waals surface area contributed by atoms with E-state index < -0.39 is 0 Å². The standard InChI is InChI=1S/C23H19N3O2S/c1-28-20-12-6-11-19(14-20)25-23(27)24-18-10-5-9-17(13-18)21-15-29-22(26-21)16-7-3-2-4-8-16/h2-15H,1H3,(H2,24,25,27). The summed E-state index contributed by atoms with van der Waals surface area (Å²) in [7, 11) is 1.59. The van der Waals surface area contributed by atoms with E-state index in [2.05, 4.69) is 10.6 Å². The molecule has 3 aromatic carbocycles. The Labute approximate surface area is 173 Å². The number of rotatable bonds is 5. The second-order valence-corrected chi connectivity index (χ2v) is 7.15. The van der Waals surface area contributed by atoms with E-state index in [0.717, 1.165) is 21.8 Å². The molecule has 29 heavy (non-hydrogen) atoms. The average Bonchev–Trinajstić information content (AvgIpc) is 3.25. The number of nitrogens with one attached hydrogen (secondary N) is 2. The number of ether oxygens (including phenoxy) is 1. The highest BCUT2D eigenvalue weighted by molar-refractivity contribution is 7.13. The molecule has 1 heterocycles. The zero-order valence-electron chi connectivity index (χ0n) is 15.8. The van der Waals surface area contributed by atoms with E-state index in [-0.39, 0.29) is 6.03 Å². The number of carbonyl (C=O) groups excluding carboxylic acids is 1. The highest BCUT2D eigenvalue weighted by atomic mass is 32.1. The van der Waals surface area contributed by atoms with Crippen molar-refractivity contribution in [2.24, 2.45) is 0 Å². The molecule has 4 aromatic rings.